The second kappa shape index (κ2) is 4.14. The molecular weight excluding hydrogens is 254 g/mol. The zero-order valence-corrected chi connectivity index (χ0v) is 10.4. The lowest BCUT2D eigenvalue weighted by Gasteiger charge is -2.04. The first-order valence-corrected chi connectivity index (χ1v) is 6.44. The van der Waals surface area contributed by atoms with Gasteiger partial charge in [-0.3, -0.25) is 0 Å². The Balaban J connectivity index is 2.10. The van der Waals surface area contributed by atoms with E-state index < -0.39 is 0 Å². The fourth-order valence-corrected chi connectivity index (χ4v) is 2.71. The number of nitrogens with two attached hydrogens (primary N) is 1. The number of para-hydroxylation sites is 1. The van der Waals surface area contributed by atoms with Gasteiger partial charge in [0.15, 0.2) is 0 Å². The van der Waals surface area contributed by atoms with Gasteiger partial charge in [-0.15, -0.1) is 11.3 Å². The molecule has 3 rings (SSSR count). The van der Waals surface area contributed by atoms with E-state index >= 15 is 0 Å². The van der Waals surface area contributed by atoms with Crippen LogP contribution in [0.15, 0.2) is 35.7 Å². The molecule has 2 heterocycles. The summed E-state index contributed by atoms with van der Waals surface area (Å²) in [7, 11) is 0. The van der Waals surface area contributed by atoms with E-state index in [1.54, 1.807) is 11.3 Å². The molecule has 3 aromatic rings. The van der Waals surface area contributed by atoms with Gasteiger partial charge in [0.05, 0.1) is 16.6 Å². The lowest BCUT2D eigenvalue weighted by atomic mass is 10.2. The van der Waals surface area contributed by atoms with Crippen molar-refractivity contribution in [1.82, 2.24) is 9.97 Å². The number of H-pyrrole nitrogens is 1. The summed E-state index contributed by atoms with van der Waals surface area (Å²) >= 11 is 7.70. The number of aromatic nitrogens is 2. The molecule has 0 radical (unpaired) electrons. The lowest BCUT2D eigenvalue weighted by molar-refractivity contribution is 0.822. The van der Waals surface area contributed by atoms with Crippen molar-refractivity contribution < 1.29 is 0 Å². The molecule has 0 amide bonds. The number of hydrogen-bond donors (Lipinski definition) is 2. The first-order valence-electron chi connectivity index (χ1n) is 5.19. The van der Waals surface area contributed by atoms with Crippen molar-refractivity contribution in [3.05, 3.63) is 51.4 Å². The average molecular weight is 264 g/mol. The maximum atomic E-state index is 6.15. The summed E-state index contributed by atoms with van der Waals surface area (Å²) in [5.74, 6) is 0.746. The quantitative estimate of drug-likeness (QED) is 0.745. The minimum atomic E-state index is -0.224. The number of aromatic amines is 1. The number of rotatable bonds is 2. The van der Waals surface area contributed by atoms with Crippen molar-refractivity contribution in [2.45, 2.75) is 6.04 Å². The standard InChI is InChI=1S/C12H10ClN3S/c13-7-3-1-4-8-11(7)16-12(15-8)10(14)9-5-2-6-17-9/h1-6,10H,14H2,(H,15,16). The van der Waals surface area contributed by atoms with Crippen LogP contribution in [0.2, 0.25) is 5.02 Å². The second-order valence-electron chi connectivity index (χ2n) is 3.75. The number of imidazole rings is 1. The number of nitrogens with one attached hydrogen (secondary N) is 1. The van der Waals surface area contributed by atoms with E-state index in [1.165, 1.54) is 0 Å². The highest BCUT2D eigenvalue weighted by Crippen LogP contribution is 2.26. The highest BCUT2D eigenvalue weighted by Gasteiger charge is 2.15. The minimum absolute atomic E-state index is 0.224. The van der Waals surface area contributed by atoms with E-state index in [2.05, 4.69) is 9.97 Å². The van der Waals surface area contributed by atoms with Crippen molar-refractivity contribution in [2.24, 2.45) is 5.73 Å². The number of fused-ring (bicyclic) bond motifs is 1. The number of nitrogens with zero attached hydrogens (tertiary/aromatic N) is 1. The third kappa shape index (κ3) is 1.84. The summed E-state index contributed by atoms with van der Waals surface area (Å²) in [6, 6.07) is 9.42. The maximum Gasteiger partial charge on any atom is 0.129 e. The summed E-state index contributed by atoms with van der Waals surface area (Å²) < 4.78 is 0. The van der Waals surface area contributed by atoms with Crippen molar-refractivity contribution >= 4 is 34.0 Å². The van der Waals surface area contributed by atoms with Gasteiger partial charge < -0.3 is 10.7 Å². The van der Waals surface area contributed by atoms with Crippen LogP contribution in [-0.2, 0) is 0 Å². The molecule has 5 heteroatoms. The van der Waals surface area contributed by atoms with E-state index in [4.69, 9.17) is 17.3 Å². The Morgan fingerprint density at radius 1 is 1.29 bits per heavy atom. The molecular formula is C12H10ClN3S. The number of benzene rings is 1. The molecule has 3 N–H and O–H groups in total. The topological polar surface area (TPSA) is 54.7 Å². The zero-order valence-electron chi connectivity index (χ0n) is 8.85. The Kier molecular flexibility index (Phi) is 2.63. The van der Waals surface area contributed by atoms with E-state index in [-0.39, 0.29) is 6.04 Å². The van der Waals surface area contributed by atoms with E-state index in [0.29, 0.717) is 5.02 Å². The summed E-state index contributed by atoms with van der Waals surface area (Å²) in [5, 5.41) is 2.65. The highest BCUT2D eigenvalue weighted by atomic mass is 35.5. The third-order valence-corrected chi connectivity index (χ3v) is 3.89. The Hall–Kier alpha value is -1.36. The summed E-state index contributed by atoms with van der Waals surface area (Å²) in [6.45, 7) is 0. The van der Waals surface area contributed by atoms with Gasteiger partial charge in [-0.05, 0) is 23.6 Å². The third-order valence-electron chi connectivity index (χ3n) is 2.63. The fourth-order valence-electron chi connectivity index (χ4n) is 1.77. The Morgan fingerprint density at radius 3 is 2.88 bits per heavy atom. The van der Waals surface area contributed by atoms with E-state index in [0.717, 1.165) is 21.7 Å². The molecule has 0 saturated carbocycles. The average Bonchev–Trinajstić information content (AvgIpc) is 2.98. The molecule has 0 fully saturated rings. The summed E-state index contributed by atoms with van der Waals surface area (Å²) in [5.41, 5.74) is 7.84. The monoisotopic (exact) mass is 263 g/mol. The molecule has 0 aliphatic heterocycles. The molecule has 86 valence electrons. The van der Waals surface area contributed by atoms with E-state index in [1.807, 2.05) is 35.7 Å². The van der Waals surface area contributed by atoms with Crippen molar-refractivity contribution in [3.8, 4) is 0 Å². The van der Waals surface area contributed by atoms with Gasteiger partial charge in [0.2, 0.25) is 0 Å². The van der Waals surface area contributed by atoms with Crippen LogP contribution in [0.25, 0.3) is 11.0 Å². The van der Waals surface area contributed by atoms with Gasteiger partial charge in [-0.1, -0.05) is 23.7 Å². The van der Waals surface area contributed by atoms with Gasteiger partial charge in [-0.25, -0.2) is 4.98 Å². The molecule has 1 atom stereocenters. The van der Waals surface area contributed by atoms with Crippen LogP contribution in [0.3, 0.4) is 0 Å². The second-order valence-corrected chi connectivity index (χ2v) is 5.14. The largest absolute Gasteiger partial charge is 0.340 e. The van der Waals surface area contributed by atoms with Crippen molar-refractivity contribution in [1.29, 1.82) is 0 Å². The molecule has 1 unspecified atom stereocenters. The van der Waals surface area contributed by atoms with Crippen molar-refractivity contribution in [2.75, 3.05) is 0 Å². The number of halogens is 1. The van der Waals surface area contributed by atoms with Crippen LogP contribution in [0, 0.1) is 0 Å². The number of hydrogen-bond acceptors (Lipinski definition) is 3. The minimum Gasteiger partial charge on any atom is -0.340 e. The summed E-state index contributed by atoms with van der Waals surface area (Å²) in [4.78, 5) is 8.76. The SMILES string of the molecule is NC(c1nc2c(Cl)cccc2[nH]1)c1cccs1. The predicted octanol–water partition coefficient (Wildman–Crippen LogP) is 3.33. The molecule has 0 aliphatic rings. The fraction of sp³-hybridized carbons (Fsp3) is 0.0833. The van der Waals surface area contributed by atoms with Crippen LogP contribution in [0.5, 0.6) is 0 Å². The molecule has 0 saturated heterocycles. The molecule has 0 bridgehead atoms. The smallest absolute Gasteiger partial charge is 0.129 e. The first kappa shape index (κ1) is 10.8. The van der Waals surface area contributed by atoms with E-state index in [9.17, 15) is 0 Å². The van der Waals surface area contributed by atoms with Crippen LogP contribution in [-0.4, -0.2) is 9.97 Å². The molecule has 0 aliphatic carbocycles. The van der Waals surface area contributed by atoms with Crippen LogP contribution in [0.1, 0.15) is 16.7 Å². The molecule has 1 aromatic carbocycles. The van der Waals surface area contributed by atoms with Gasteiger partial charge in [0.1, 0.15) is 11.3 Å². The van der Waals surface area contributed by atoms with Crippen molar-refractivity contribution in [3.63, 3.8) is 0 Å². The first-order chi connectivity index (χ1) is 8.25. The molecule has 2 aromatic heterocycles. The van der Waals surface area contributed by atoms with Crippen LogP contribution < -0.4 is 5.73 Å². The van der Waals surface area contributed by atoms with Crippen LogP contribution in [0.4, 0.5) is 0 Å². The lowest BCUT2D eigenvalue weighted by Crippen LogP contribution is -2.11. The van der Waals surface area contributed by atoms with Gasteiger partial charge in [0.25, 0.3) is 0 Å². The van der Waals surface area contributed by atoms with Gasteiger partial charge in [-0.2, -0.15) is 0 Å². The number of thiophene rings is 1. The van der Waals surface area contributed by atoms with Gasteiger partial charge >= 0.3 is 0 Å². The Morgan fingerprint density at radius 2 is 2.18 bits per heavy atom. The summed E-state index contributed by atoms with van der Waals surface area (Å²) in [6.07, 6.45) is 0. The zero-order chi connectivity index (χ0) is 11.8. The Bertz CT molecular complexity index is 645. The van der Waals surface area contributed by atoms with Crippen LogP contribution >= 0.6 is 22.9 Å². The molecule has 0 spiro atoms. The van der Waals surface area contributed by atoms with Gasteiger partial charge in [0, 0.05) is 4.88 Å². The molecule has 3 nitrogen and oxygen atoms in total. The molecule has 17 heavy (non-hydrogen) atoms. The highest BCUT2D eigenvalue weighted by molar-refractivity contribution is 7.10. The maximum absolute atomic E-state index is 6.15. The Labute approximate surface area is 107 Å². The predicted molar refractivity (Wildman–Crippen MR) is 71.5 cm³/mol. The normalized spacial score (nSPS) is 13.1.